The number of hydrogen-bond acceptors (Lipinski definition) is 3. The van der Waals surface area contributed by atoms with Gasteiger partial charge in [0.05, 0.1) is 11.7 Å². The zero-order chi connectivity index (χ0) is 13.1. The summed E-state index contributed by atoms with van der Waals surface area (Å²) in [5.74, 6) is -1.17. The Labute approximate surface area is 103 Å². The summed E-state index contributed by atoms with van der Waals surface area (Å²) in [5, 5.41) is 8.84. The predicted octanol–water partition coefficient (Wildman–Crippen LogP) is 1.16. The highest BCUT2D eigenvalue weighted by atomic mass is 32.2. The molecule has 0 bridgehead atoms. The van der Waals surface area contributed by atoms with E-state index in [0.717, 1.165) is 12.8 Å². The fourth-order valence-electron chi connectivity index (χ4n) is 2.22. The number of carboxylic acid groups (broad SMARTS) is 1. The molecule has 1 fully saturated rings. The van der Waals surface area contributed by atoms with Crippen LogP contribution in [0.4, 0.5) is 0 Å². The molecule has 0 aromatic heterocycles. The molecule has 6 heteroatoms. The van der Waals surface area contributed by atoms with Crippen molar-refractivity contribution in [1.82, 2.24) is 4.31 Å². The lowest BCUT2D eigenvalue weighted by Crippen LogP contribution is -2.33. The van der Waals surface area contributed by atoms with Crippen LogP contribution in [0.1, 0.15) is 33.1 Å². The van der Waals surface area contributed by atoms with Crippen molar-refractivity contribution in [3.8, 4) is 0 Å². The lowest BCUT2D eigenvalue weighted by Gasteiger charge is -2.18. The number of sulfonamides is 1. The van der Waals surface area contributed by atoms with Gasteiger partial charge in [0.25, 0.3) is 0 Å². The maximum absolute atomic E-state index is 12.0. The molecular formula is C11H21NO4S. The second kappa shape index (κ2) is 5.82. The van der Waals surface area contributed by atoms with Crippen molar-refractivity contribution in [3.05, 3.63) is 0 Å². The van der Waals surface area contributed by atoms with Gasteiger partial charge in [0.1, 0.15) is 0 Å². The van der Waals surface area contributed by atoms with Crippen LogP contribution < -0.4 is 0 Å². The lowest BCUT2D eigenvalue weighted by molar-refractivity contribution is -0.141. The van der Waals surface area contributed by atoms with Crippen LogP contribution in [0.5, 0.6) is 0 Å². The zero-order valence-electron chi connectivity index (χ0n) is 10.4. The van der Waals surface area contributed by atoms with Crippen LogP contribution in [0, 0.1) is 11.8 Å². The first kappa shape index (κ1) is 14.4. The lowest BCUT2D eigenvalue weighted by atomic mass is 10.1. The van der Waals surface area contributed by atoms with Gasteiger partial charge in [-0.05, 0) is 18.8 Å². The standard InChI is InChI=1S/C11H21NO4S/c1-3-4-9(2)8-17(15,16)12-6-5-10(7-12)11(13)14/h9-10H,3-8H2,1-2H3,(H,13,14). The van der Waals surface area contributed by atoms with Crippen LogP contribution in [0.2, 0.25) is 0 Å². The van der Waals surface area contributed by atoms with Gasteiger partial charge >= 0.3 is 5.97 Å². The smallest absolute Gasteiger partial charge is 0.307 e. The molecule has 2 unspecified atom stereocenters. The van der Waals surface area contributed by atoms with Crippen LogP contribution in [-0.2, 0) is 14.8 Å². The van der Waals surface area contributed by atoms with Crippen LogP contribution in [0.3, 0.4) is 0 Å². The predicted molar refractivity (Wildman–Crippen MR) is 65.2 cm³/mol. The molecule has 0 aromatic rings. The summed E-state index contributed by atoms with van der Waals surface area (Å²) in [6, 6.07) is 0. The van der Waals surface area contributed by atoms with Crippen LogP contribution in [0.15, 0.2) is 0 Å². The second-order valence-electron chi connectivity index (χ2n) is 4.85. The highest BCUT2D eigenvalue weighted by molar-refractivity contribution is 7.89. The third-order valence-corrected chi connectivity index (χ3v) is 5.28. The molecule has 0 amide bonds. The number of carbonyl (C=O) groups is 1. The third-order valence-electron chi connectivity index (χ3n) is 3.17. The highest BCUT2D eigenvalue weighted by Crippen LogP contribution is 2.21. The Balaban J connectivity index is 2.57. The normalized spacial score (nSPS) is 23.8. The topological polar surface area (TPSA) is 74.7 Å². The maximum Gasteiger partial charge on any atom is 0.307 e. The molecule has 0 aliphatic carbocycles. The van der Waals surface area contributed by atoms with Gasteiger partial charge < -0.3 is 5.11 Å². The molecule has 1 aliphatic heterocycles. The molecule has 1 heterocycles. The van der Waals surface area contributed by atoms with Crippen molar-refractivity contribution >= 4 is 16.0 Å². The summed E-state index contributed by atoms with van der Waals surface area (Å²) in [4.78, 5) is 10.8. The summed E-state index contributed by atoms with van der Waals surface area (Å²) in [5.41, 5.74) is 0. The van der Waals surface area contributed by atoms with E-state index in [1.807, 2.05) is 13.8 Å². The van der Waals surface area contributed by atoms with E-state index >= 15 is 0 Å². The SMILES string of the molecule is CCCC(C)CS(=O)(=O)N1CCC(C(=O)O)C1. The summed E-state index contributed by atoms with van der Waals surface area (Å²) < 4.78 is 25.4. The number of nitrogens with zero attached hydrogens (tertiary/aromatic N) is 1. The Morgan fingerprint density at radius 3 is 2.65 bits per heavy atom. The Bertz CT molecular complexity index is 366. The highest BCUT2D eigenvalue weighted by Gasteiger charge is 2.35. The van der Waals surface area contributed by atoms with Crippen LogP contribution >= 0.6 is 0 Å². The number of carboxylic acids is 1. The zero-order valence-corrected chi connectivity index (χ0v) is 11.2. The van der Waals surface area contributed by atoms with E-state index in [4.69, 9.17) is 5.11 Å². The van der Waals surface area contributed by atoms with Gasteiger partial charge in [0.15, 0.2) is 0 Å². The van der Waals surface area contributed by atoms with Crippen molar-refractivity contribution < 1.29 is 18.3 Å². The monoisotopic (exact) mass is 263 g/mol. The fraction of sp³-hybridized carbons (Fsp3) is 0.909. The van der Waals surface area contributed by atoms with Crippen LogP contribution in [-0.4, -0.2) is 42.6 Å². The minimum atomic E-state index is -3.28. The molecule has 1 aliphatic rings. The summed E-state index contributed by atoms with van der Waals surface area (Å²) in [6.07, 6.45) is 2.28. The van der Waals surface area contributed by atoms with E-state index in [-0.39, 0.29) is 18.2 Å². The van der Waals surface area contributed by atoms with Crippen molar-refractivity contribution in [3.63, 3.8) is 0 Å². The largest absolute Gasteiger partial charge is 0.481 e. The second-order valence-corrected chi connectivity index (χ2v) is 6.87. The Morgan fingerprint density at radius 1 is 1.53 bits per heavy atom. The molecule has 0 aromatic carbocycles. The summed E-state index contributed by atoms with van der Waals surface area (Å²) in [6.45, 7) is 4.43. The molecule has 1 rings (SSSR count). The third kappa shape index (κ3) is 3.96. The van der Waals surface area contributed by atoms with Gasteiger partial charge in [-0.1, -0.05) is 20.3 Å². The number of hydrogen-bond donors (Lipinski definition) is 1. The molecule has 100 valence electrons. The first-order valence-electron chi connectivity index (χ1n) is 6.07. The Morgan fingerprint density at radius 2 is 2.18 bits per heavy atom. The van der Waals surface area contributed by atoms with Gasteiger partial charge in [0.2, 0.25) is 10.0 Å². The van der Waals surface area contributed by atoms with Gasteiger partial charge in [-0.2, -0.15) is 0 Å². The number of rotatable bonds is 6. The van der Waals surface area contributed by atoms with E-state index in [9.17, 15) is 13.2 Å². The van der Waals surface area contributed by atoms with E-state index in [1.165, 1.54) is 4.31 Å². The van der Waals surface area contributed by atoms with E-state index < -0.39 is 21.9 Å². The van der Waals surface area contributed by atoms with Gasteiger partial charge in [-0.25, -0.2) is 12.7 Å². The molecule has 5 nitrogen and oxygen atoms in total. The maximum atomic E-state index is 12.0. The van der Waals surface area contributed by atoms with Crippen molar-refractivity contribution in [1.29, 1.82) is 0 Å². The molecule has 0 radical (unpaired) electrons. The van der Waals surface area contributed by atoms with Crippen molar-refractivity contribution in [2.75, 3.05) is 18.8 Å². The summed E-state index contributed by atoms with van der Waals surface area (Å²) >= 11 is 0. The molecule has 17 heavy (non-hydrogen) atoms. The minimum Gasteiger partial charge on any atom is -0.481 e. The van der Waals surface area contributed by atoms with Crippen molar-refractivity contribution in [2.24, 2.45) is 11.8 Å². The average Bonchev–Trinajstić information content (AvgIpc) is 2.65. The van der Waals surface area contributed by atoms with E-state index in [2.05, 4.69) is 0 Å². The molecular weight excluding hydrogens is 242 g/mol. The molecule has 2 atom stereocenters. The van der Waals surface area contributed by atoms with Gasteiger partial charge in [0, 0.05) is 13.1 Å². The van der Waals surface area contributed by atoms with Gasteiger partial charge in [-0.3, -0.25) is 4.79 Å². The number of aliphatic carboxylic acids is 1. The first-order valence-corrected chi connectivity index (χ1v) is 7.68. The summed E-state index contributed by atoms with van der Waals surface area (Å²) in [7, 11) is -3.28. The van der Waals surface area contributed by atoms with Crippen LogP contribution in [0.25, 0.3) is 0 Å². The Hall–Kier alpha value is -0.620. The molecule has 0 spiro atoms. The Kier molecular flexibility index (Phi) is 4.94. The quantitative estimate of drug-likeness (QED) is 0.780. The minimum absolute atomic E-state index is 0.132. The van der Waals surface area contributed by atoms with E-state index in [0.29, 0.717) is 13.0 Å². The molecule has 1 N–H and O–H groups in total. The fourth-order valence-corrected chi connectivity index (χ4v) is 4.11. The van der Waals surface area contributed by atoms with Crippen molar-refractivity contribution in [2.45, 2.75) is 33.1 Å². The average molecular weight is 263 g/mol. The van der Waals surface area contributed by atoms with E-state index in [1.54, 1.807) is 0 Å². The molecule has 0 saturated carbocycles. The first-order chi connectivity index (χ1) is 7.86. The van der Waals surface area contributed by atoms with Gasteiger partial charge in [-0.15, -0.1) is 0 Å². The molecule has 1 saturated heterocycles.